The van der Waals surface area contributed by atoms with E-state index in [9.17, 15) is 70.7 Å². The second-order valence-electron chi connectivity index (χ2n) is 24.1. The van der Waals surface area contributed by atoms with Crippen molar-refractivity contribution in [1.29, 1.82) is 0 Å². The number of hydrogen-bond acceptors (Lipinski definition) is 13. The molecule has 1 amide bonds. The van der Waals surface area contributed by atoms with Gasteiger partial charge < -0.3 is 58.2 Å². The maximum absolute atomic E-state index is 13.3. The van der Waals surface area contributed by atoms with Crippen molar-refractivity contribution < 1.29 is 145 Å². The summed E-state index contributed by atoms with van der Waals surface area (Å²) in [6, 6.07) is 42.7. The van der Waals surface area contributed by atoms with Gasteiger partial charge in [0.05, 0.1) is 6.04 Å². The monoisotopic (exact) mass is 1640 g/mol. The molecule has 3 aliphatic heterocycles. The number of likely N-dealkylation sites (tertiary alicyclic amines) is 3. The molecule has 6 aromatic carbocycles. The quantitative estimate of drug-likeness (QED) is 0.0232. The molecule has 0 aromatic heterocycles. The van der Waals surface area contributed by atoms with Crippen LogP contribution >= 0.6 is 34.8 Å². The fourth-order valence-corrected chi connectivity index (χ4v) is 11.2. The third kappa shape index (κ3) is 42.7. The summed E-state index contributed by atoms with van der Waals surface area (Å²) < 4.78 is 184. The number of benzene rings is 6. The molecule has 0 radical (unpaired) electrons. The number of carboxylic acids is 4. The van der Waals surface area contributed by atoms with Gasteiger partial charge in [0, 0.05) is 89.5 Å². The zero-order valence-electron chi connectivity index (χ0n) is 58.9. The molecule has 3 aliphatic rings. The zero-order chi connectivity index (χ0) is 80.2. The van der Waals surface area contributed by atoms with Gasteiger partial charge in [-0.15, -0.1) is 0 Å². The van der Waals surface area contributed by atoms with Gasteiger partial charge in [0.25, 0.3) is 0 Å². The van der Waals surface area contributed by atoms with E-state index in [0.29, 0.717) is 67.1 Å². The average molecular weight is 1640 g/mol. The van der Waals surface area contributed by atoms with Gasteiger partial charge >= 0.3 is 67.4 Å². The summed E-state index contributed by atoms with van der Waals surface area (Å²) in [4.78, 5) is 55.0. The first-order chi connectivity index (χ1) is 50.0. The second-order valence-corrected chi connectivity index (χ2v) is 25.4. The molecule has 38 heteroatoms. The number of carboxylic acid groups (broad SMARTS) is 4. The van der Waals surface area contributed by atoms with Crippen LogP contribution in [-0.4, -0.2) is 196 Å². The van der Waals surface area contributed by atoms with Crippen LogP contribution in [0.1, 0.15) is 75.9 Å². The Hall–Kier alpha value is -7.18. The molecule has 3 fully saturated rings. The maximum Gasteiger partial charge on any atom is 1.00 e. The Labute approximate surface area is 657 Å². The van der Waals surface area contributed by atoms with E-state index in [4.69, 9.17) is 106 Å². The minimum Gasteiger partial charge on any atom is -1.00 e. The maximum atomic E-state index is 13.3. The first kappa shape index (κ1) is 99.8. The van der Waals surface area contributed by atoms with E-state index in [1.807, 2.05) is 65.6 Å². The summed E-state index contributed by atoms with van der Waals surface area (Å²) in [5, 5.41) is 30.7. The Morgan fingerprint density at radius 3 is 0.982 bits per heavy atom. The summed E-state index contributed by atoms with van der Waals surface area (Å²) in [7, 11) is 0. The van der Waals surface area contributed by atoms with Gasteiger partial charge in [-0.2, -0.15) is 52.7 Å². The van der Waals surface area contributed by atoms with E-state index in [1.54, 1.807) is 36.4 Å². The van der Waals surface area contributed by atoms with Crippen LogP contribution in [0.4, 0.5) is 65.9 Å². The number of carbonyl (C=O) groups excluding carboxylic acids is 1. The Balaban J connectivity index is 0.00000136. The van der Waals surface area contributed by atoms with Gasteiger partial charge in [0.15, 0.2) is 17.4 Å². The number of ether oxygens (including phenoxy) is 3. The van der Waals surface area contributed by atoms with Crippen LogP contribution in [0, 0.1) is 17.5 Å². The van der Waals surface area contributed by atoms with Crippen molar-refractivity contribution in [3.63, 3.8) is 0 Å². The van der Waals surface area contributed by atoms with Crippen LogP contribution in [0.5, 0.6) is 17.2 Å². The smallest absolute Gasteiger partial charge is 1.00 e. The number of nitrogens with zero attached hydrogens (tertiary/aromatic N) is 3. The molecule has 3 saturated heterocycles. The minimum absolute atomic E-state index is 0. The van der Waals surface area contributed by atoms with E-state index in [1.165, 1.54) is 60.4 Å². The van der Waals surface area contributed by atoms with Crippen LogP contribution in [0.25, 0.3) is 0 Å². The number of hydrogen-bond donors (Lipinski definition) is 7. The number of rotatable bonds is 23. The standard InChI is InChI=1S/C21H24ClFN2O2.2C21H26ClFN2O.4C2HF3O2.Al.Li.4H/c22-16-5-1-4-15(10-16)11-18(24)13-21(26)25-9-3-7-19(25)14-27-20-8-2-6-17(23)12-20;2*22-17-5-1-4-16(12-17)13-19(24)9-11-25-10-3-7-20(25)15-26-21-8-2-6-18(23)14-21;4*3-2(4,5)1(6)7;;;;;;/h1-2,4-6,8,10,12,18-19H,3,7,9,11,13-14,24H2;2*1-2,4-6,8,12,14,19-20H,3,7,9-11,13,15,24H2;4*(H,6,7);;;;;;/q;;;;;;;;+1;;;;-1/t18-,19+;2*19-,20-;;;;;;;;;;/m100........../s1. The number of alkyl halides is 12. The van der Waals surface area contributed by atoms with Crippen molar-refractivity contribution in [3.05, 3.63) is 195 Å². The average Bonchev–Trinajstić information content (AvgIpc) is 1.71. The normalized spacial score (nSPS) is 16.3. The van der Waals surface area contributed by atoms with Crippen LogP contribution < -0.4 is 50.3 Å². The van der Waals surface area contributed by atoms with Gasteiger partial charge in [-0.25, -0.2) is 32.3 Å². The molecule has 6 aromatic rings. The summed E-state index contributed by atoms with van der Waals surface area (Å²) >= 11 is 18.1. The molecule has 10 N–H and O–H groups in total. The topological polar surface area (TPSA) is 282 Å². The molecule has 18 nitrogen and oxygen atoms in total. The fourth-order valence-electron chi connectivity index (χ4n) is 10.5. The molecule has 0 bridgehead atoms. The third-order valence-electron chi connectivity index (χ3n) is 15.6. The number of nitrogens with two attached hydrogens (primary N) is 3. The van der Waals surface area contributed by atoms with Gasteiger partial charge in [0.2, 0.25) is 5.91 Å². The SMILES string of the molecule is N[C@@H](CC(=O)N1CCC[C@H]1COc1cccc(F)c1)Cc1cccc(Cl)c1.N[C@@H](CCN1CCC[C@H]1COc1cccc(F)c1)Cc1cccc(Cl)c1.N[C@@H](CCN1CCC[C@H]1COc1cccc(F)c1)Cc1cccc(Cl)c1.O=C(O)C(F)(F)F.O=C(O)C(F)(F)F.O=C(O)C(F)(F)F.O=C(O)C(F)(F)F.[AlH3].[H-].[Li+]. The molecule has 0 saturated carbocycles. The Kier molecular flexibility index (Phi) is 45.7. The van der Waals surface area contributed by atoms with E-state index < -0.39 is 48.6 Å². The number of aliphatic carboxylic acids is 4. The van der Waals surface area contributed by atoms with Crippen molar-refractivity contribution in [1.82, 2.24) is 14.7 Å². The van der Waals surface area contributed by atoms with E-state index >= 15 is 0 Å². The van der Waals surface area contributed by atoms with E-state index in [-0.39, 0.29) is 91.6 Å². The van der Waals surface area contributed by atoms with Crippen molar-refractivity contribution in [3.8, 4) is 17.2 Å². The van der Waals surface area contributed by atoms with Crippen molar-refractivity contribution >= 4 is 81.9 Å². The fraction of sp³-hybridized carbons (Fsp3) is 0.423. The summed E-state index contributed by atoms with van der Waals surface area (Å²) in [5.41, 5.74) is 22.2. The van der Waals surface area contributed by atoms with Crippen molar-refractivity contribution in [2.45, 2.75) is 138 Å². The van der Waals surface area contributed by atoms with Gasteiger partial charge in [-0.3, -0.25) is 14.6 Å². The Morgan fingerprint density at radius 1 is 0.431 bits per heavy atom. The molecule has 600 valence electrons. The van der Waals surface area contributed by atoms with Crippen LogP contribution in [-0.2, 0) is 43.2 Å². The number of carbonyl (C=O) groups is 5. The van der Waals surface area contributed by atoms with Crippen LogP contribution in [0.15, 0.2) is 146 Å². The summed E-state index contributed by atoms with van der Waals surface area (Å²) in [5.74, 6) is -10.2. The molecule has 9 rings (SSSR count). The number of amides is 1. The van der Waals surface area contributed by atoms with Gasteiger partial charge in [-0.1, -0.05) is 89.4 Å². The summed E-state index contributed by atoms with van der Waals surface area (Å²) in [6.45, 7) is 6.30. The van der Waals surface area contributed by atoms with Gasteiger partial charge in [0.1, 0.15) is 54.5 Å². The second kappa shape index (κ2) is 49.9. The molecule has 6 atom stereocenters. The van der Waals surface area contributed by atoms with Crippen molar-refractivity contribution in [2.75, 3.05) is 52.5 Å². The molecular weight excluding hydrogens is 1550 g/mol. The summed E-state index contributed by atoms with van der Waals surface area (Å²) in [6.07, 6.45) is -9.55. The molecule has 0 unspecified atom stereocenters. The van der Waals surface area contributed by atoms with Crippen molar-refractivity contribution in [2.24, 2.45) is 17.2 Å². The number of halogens is 18. The van der Waals surface area contributed by atoms with Gasteiger partial charge in [-0.05, 0) is 173 Å². The van der Waals surface area contributed by atoms with Crippen LogP contribution in [0.3, 0.4) is 0 Å². The molecule has 109 heavy (non-hydrogen) atoms. The predicted molar refractivity (Wildman–Crippen MR) is 379 cm³/mol. The third-order valence-corrected chi connectivity index (χ3v) is 16.3. The van der Waals surface area contributed by atoms with E-state index in [2.05, 4.69) is 21.9 Å². The molecule has 3 heterocycles. The predicted octanol–water partition coefficient (Wildman–Crippen LogP) is 10.8. The Morgan fingerprint density at radius 2 is 0.697 bits per heavy atom. The van der Waals surface area contributed by atoms with Crippen LogP contribution in [0.2, 0.25) is 15.1 Å². The van der Waals surface area contributed by atoms with E-state index in [0.717, 1.165) is 93.2 Å². The molecule has 0 spiro atoms. The Bertz CT molecular complexity index is 3510. The molecular formula is C71H84AlCl3F15LiN6O12. The molecule has 0 aliphatic carbocycles. The zero-order valence-corrected chi connectivity index (χ0v) is 60.2. The first-order valence-corrected chi connectivity index (χ1v) is 33.7. The largest absolute Gasteiger partial charge is 1.00 e. The minimum atomic E-state index is -5.08. The first-order valence-electron chi connectivity index (χ1n) is 32.6.